The van der Waals surface area contributed by atoms with E-state index in [1.54, 1.807) is 0 Å². The molecule has 2 nitrogen and oxygen atoms in total. The molecule has 18 heavy (non-hydrogen) atoms. The van der Waals surface area contributed by atoms with Crippen LogP contribution in [0, 0.1) is 6.92 Å². The standard InChI is InChI=1S/C16H26N2/c1-5-9-17-11-15(3)12-18(4)13-16-8-6-7-14(2)10-16/h6-8,10,17H,3,5,9,11-13H2,1-2,4H3. The van der Waals surface area contributed by atoms with Gasteiger partial charge in [0.1, 0.15) is 0 Å². The Labute approximate surface area is 112 Å². The van der Waals surface area contributed by atoms with Crippen LogP contribution in [0.25, 0.3) is 0 Å². The van der Waals surface area contributed by atoms with Gasteiger partial charge in [0.2, 0.25) is 0 Å². The second-order valence-corrected chi connectivity index (χ2v) is 5.09. The minimum absolute atomic E-state index is 0.923. The van der Waals surface area contributed by atoms with E-state index in [1.165, 1.54) is 23.1 Å². The first-order valence-corrected chi connectivity index (χ1v) is 6.73. The molecule has 1 rings (SSSR count). The van der Waals surface area contributed by atoms with E-state index in [2.05, 4.69) is 62.0 Å². The number of hydrogen-bond donors (Lipinski definition) is 1. The summed E-state index contributed by atoms with van der Waals surface area (Å²) in [5, 5.41) is 3.39. The lowest BCUT2D eigenvalue weighted by Gasteiger charge is -2.18. The van der Waals surface area contributed by atoms with E-state index in [1.807, 2.05) is 0 Å². The summed E-state index contributed by atoms with van der Waals surface area (Å²) in [5.74, 6) is 0. The molecule has 0 saturated heterocycles. The summed E-state index contributed by atoms with van der Waals surface area (Å²) in [6, 6.07) is 8.68. The molecule has 0 spiro atoms. The summed E-state index contributed by atoms with van der Waals surface area (Å²) in [5.41, 5.74) is 3.94. The van der Waals surface area contributed by atoms with Crippen molar-refractivity contribution in [2.45, 2.75) is 26.8 Å². The molecule has 0 radical (unpaired) electrons. The zero-order valence-corrected chi connectivity index (χ0v) is 12.0. The largest absolute Gasteiger partial charge is 0.313 e. The molecule has 0 heterocycles. The third-order valence-corrected chi connectivity index (χ3v) is 2.83. The van der Waals surface area contributed by atoms with Crippen molar-refractivity contribution in [1.29, 1.82) is 0 Å². The average molecular weight is 246 g/mol. The van der Waals surface area contributed by atoms with Crippen LogP contribution in [0.4, 0.5) is 0 Å². The lowest BCUT2D eigenvalue weighted by Crippen LogP contribution is -2.26. The molecule has 100 valence electrons. The highest BCUT2D eigenvalue weighted by Gasteiger charge is 2.02. The first kappa shape index (κ1) is 14.9. The molecule has 1 aromatic carbocycles. The molecule has 0 saturated carbocycles. The zero-order chi connectivity index (χ0) is 13.4. The van der Waals surface area contributed by atoms with Crippen LogP contribution in [0.2, 0.25) is 0 Å². The smallest absolute Gasteiger partial charge is 0.0234 e. The number of aryl methyl sites for hydroxylation is 1. The maximum absolute atomic E-state index is 4.12. The molecule has 0 aliphatic heterocycles. The van der Waals surface area contributed by atoms with Crippen LogP contribution in [0.1, 0.15) is 24.5 Å². The highest BCUT2D eigenvalue weighted by atomic mass is 15.1. The normalized spacial score (nSPS) is 10.9. The Bertz CT molecular complexity index is 371. The van der Waals surface area contributed by atoms with Crippen LogP contribution < -0.4 is 5.32 Å². The summed E-state index contributed by atoms with van der Waals surface area (Å²) in [6.45, 7) is 12.4. The highest BCUT2D eigenvalue weighted by molar-refractivity contribution is 5.22. The van der Waals surface area contributed by atoms with Crippen molar-refractivity contribution in [3.63, 3.8) is 0 Å². The Kier molecular flexibility index (Phi) is 6.69. The Morgan fingerprint density at radius 2 is 2.17 bits per heavy atom. The SMILES string of the molecule is C=C(CNCCC)CN(C)Cc1cccc(C)c1. The lowest BCUT2D eigenvalue weighted by molar-refractivity contribution is 0.352. The van der Waals surface area contributed by atoms with Gasteiger partial charge in [-0.15, -0.1) is 0 Å². The number of benzene rings is 1. The molecule has 1 aromatic rings. The van der Waals surface area contributed by atoms with Gasteiger partial charge in [-0.2, -0.15) is 0 Å². The summed E-state index contributed by atoms with van der Waals surface area (Å²) >= 11 is 0. The van der Waals surface area contributed by atoms with Gasteiger partial charge >= 0.3 is 0 Å². The van der Waals surface area contributed by atoms with Crippen molar-refractivity contribution >= 4 is 0 Å². The minimum Gasteiger partial charge on any atom is -0.313 e. The summed E-state index contributed by atoms with van der Waals surface area (Å²) in [7, 11) is 2.15. The molecule has 2 heteroatoms. The number of rotatable bonds is 8. The monoisotopic (exact) mass is 246 g/mol. The van der Waals surface area contributed by atoms with E-state index in [-0.39, 0.29) is 0 Å². The first-order valence-electron chi connectivity index (χ1n) is 6.73. The number of nitrogens with one attached hydrogen (secondary N) is 1. The zero-order valence-electron chi connectivity index (χ0n) is 12.0. The third-order valence-electron chi connectivity index (χ3n) is 2.83. The van der Waals surface area contributed by atoms with Crippen molar-refractivity contribution in [3.05, 3.63) is 47.5 Å². The molecule has 0 fully saturated rings. The van der Waals surface area contributed by atoms with Gasteiger partial charge in [-0.25, -0.2) is 0 Å². The van der Waals surface area contributed by atoms with Gasteiger partial charge in [-0.1, -0.05) is 43.3 Å². The van der Waals surface area contributed by atoms with Crippen molar-refractivity contribution in [3.8, 4) is 0 Å². The molecule has 0 aliphatic rings. The van der Waals surface area contributed by atoms with Crippen molar-refractivity contribution in [2.24, 2.45) is 0 Å². The number of nitrogens with zero attached hydrogens (tertiary/aromatic N) is 1. The Morgan fingerprint density at radius 3 is 2.83 bits per heavy atom. The third kappa shape index (κ3) is 5.99. The fourth-order valence-electron chi connectivity index (χ4n) is 2.06. The van der Waals surface area contributed by atoms with Gasteiger partial charge in [0.25, 0.3) is 0 Å². The van der Waals surface area contributed by atoms with Crippen LogP contribution in [-0.2, 0) is 6.54 Å². The van der Waals surface area contributed by atoms with Crippen LogP contribution in [0.3, 0.4) is 0 Å². The predicted molar refractivity (Wildman–Crippen MR) is 79.8 cm³/mol. The maximum Gasteiger partial charge on any atom is 0.0234 e. The van der Waals surface area contributed by atoms with Crippen LogP contribution in [-0.4, -0.2) is 31.6 Å². The Hall–Kier alpha value is -1.12. The molecule has 1 N–H and O–H groups in total. The van der Waals surface area contributed by atoms with Crippen LogP contribution in [0.5, 0.6) is 0 Å². The second kappa shape index (κ2) is 8.06. The minimum atomic E-state index is 0.923. The maximum atomic E-state index is 4.12. The van der Waals surface area contributed by atoms with Gasteiger partial charge < -0.3 is 5.32 Å². The van der Waals surface area contributed by atoms with Crippen LogP contribution in [0.15, 0.2) is 36.4 Å². The molecular weight excluding hydrogens is 220 g/mol. The van der Waals surface area contributed by atoms with E-state index >= 15 is 0 Å². The van der Waals surface area contributed by atoms with E-state index in [0.29, 0.717) is 0 Å². The molecule has 0 aromatic heterocycles. The van der Waals surface area contributed by atoms with Gasteiger partial charge in [-0.3, -0.25) is 4.90 Å². The molecule has 0 bridgehead atoms. The van der Waals surface area contributed by atoms with E-state index in [0.717, 1.165) is 26.2 Å². The molecule has 0 unspecified atom stereocenters. The van der Waals surface area contributed by atoms with Crippen molar-refractivity contribution in [1.82, 2.24) is 10.2 Å². The predicted octanol–water partition coefficient (Wildman–Crippen LogP) is 2.98. The van der Waals surface area contributed by atoms with E-state index in [9.17, 15) is 0 Å². The van der Waals surface area contributed by atoms with E-state index in [4.69, 9.17) is 0 Å². The quantitative estimate of drug-likeness (QED) is 0.560. The Balaban J connectivity index is 2.32. The number of hydrogen-bond acceptors (Lipinski definition) is 2. The molecule has 0 amide bonds. The van der Waals surface area contributed by atoms with Gasteiger partial charge in [0.15, 0.2) is 0 Å². The topological polar surface area (TPSA) is 15.3 Å². The fraction of sp³-hybridized carbons (Fsp3) is 0.500. The Morgan fingerprint density at radius 1 is 1.39 bits per heavy atom. The summed E-state index contributed by atoms with van der Waals surface area (Å²) in [6.07, 6.45) is 1.17. The first-order chi connectivity index (χ1) is 8.61. The van der Waals surface area contributed by atoms with Crippen molar-refractivity contribution < 1.29 is 0 Å². The molecular formula is C16H26N2. The van der Waals surface area contributed by atoms with Crippen molar-refractivity contribution in [2.75, 3.05) is 26.7 Å². The average Bonchev–Trinajstić information content (AvgIpc) is 2.29. The van der Waals surface area contributed by atoms with Gasteiger partial charge in [0, 0.05) is 19.6 Å². The van der Waals surface area contributed by atoms with E-state index < -0.39 is 0 Å². The summed E-state index contributed by atoms with van der Waals surface area (Å²) in [4.78, 5) is 2.31. The highest BCUT2D eigenvalue weighted by Crippen LogP contribution is 2.07. The van der Waals surface area contributed by atoms with Gasteiger partial charge in [-0.05, 0) is 38.1 Å². The molecule has 0 aliphatic carbocycles. The number of likely N-dealkylation sites (N-methyl/N-ethyl adjacent to an activating group) is 1. The second-order valence-electron chi connectivity index (χ2n) is 5.09. The molecule has 0 atom stereocenters. The van der Waals surface area contributed by atoms with Crippen LogP contribution >= 0.6 is 0 Å². The lowest BCUT2D eigenvalue weighted by atomic mass is 10.1. The van der Waals surface area contributed by atoms with Gasteiger partial charge in [0.05, 0.1) is 0 Å². The summed E-state index contributed by atoms with van der Waals surface area (Å²) < 4.78 is 0. The fourth-order valence-corrected chi connectivity index (χ4v) is 2.06.